The summed E-state index contributed by atoms with van der Waals surface area (Å²) in [5.74, 6) is 2.62. The van der Waals surface area contributed by atoms with Crippen LogP contribution in [-0.2, 0) is 6.42 Å². The SMILES string of the molecule is Cl.c1ccc(Cc2ccc(OCC3CN4CCC3C4)cc2)cc1. The number of fused-ring (bicyclic) bond motifs is 2. The van der Waals surface area contributed by atoms with Gasteiger partial charge in [-0.25, -0.2) is 0 Å². The van der Waals surface area contributed by atoms with E-state index in [1.54, 1.807) is 0 Å². The van der Waals surface area contributed by atoms with Crippen molar-refractivity contribution in [2.45, 2.75) is 12.8 Å². The molecule has 0 amide bonds. The molecule has 0 saturated carbocycles. The van der Waals surface area contributed by atoms with Crippen LogP contribution in [0.2, 0.25) is 0 Å². The van der Waals surface area contributed by atoms with Crippen molar-refractivity contribution in [2.75, 3.05) is 26.2 Å². The summed E-state index contributed by atoms with van der Waals surface area (Å²) in [7, 11) is 0. The Hall–Kier alpha value is -1.51. The lowest BCUT2D eigenvalue weighted by Crippen LogP contribution is -2.27. The van der Waals surface area contributed by atoms with E-state index in [1.165, 1.54) is 37.2 Å². The Morgan fingerprint density at radius 3 is 2.30 bits per heavy atom. The first kappa shape index (κ1) is 16.4. The van der Waals surface area contributed by atoms with Crippen LogP contribution < -0.4 is 4.74 Å². The van der Waals surface area contributed by atoms with Gasteiger partial charge in [0, 0.05) is 19.0 Å². The van der Waals surface area contributed by atoms with Gasteiger partial charge in [-0.3, -0.25) is 0 Å². The monoisotopic (exact) mass is 329 g/mol. The molecule has 2 bridgehead atoms. The number of halogens is 1. The third-order valence-corrected chi connectivity index (χ3v) is 5.11. The predicted octanol–water partition coefficient (Wildman–Crippen LogP) is 4.03. The Morgan fingerprint density at radius 2 is 1.65 bits per heavy atom. The molecule has 2 fully saturated rings. The second kappa shape index (κ2) is 7.37. The summed E-state index contributed by atoms with van der Waals surface area (Å²) >= 11 is 0. The highest BCUT2D eigenvalue weighted by atomic mass is 35.5. The van der Waals surface area contributed by atoms with Crippen LogP contribution >= 0.6 is 12.4 Å². The number of rotatable bonds is 5. The predicted molar refractivity (Wildman–Crippen MR) is 96.5 cm³/mol. The van der Waals surface area contributed by atoms with Crippen molar-refractivity contribution < 1.29 is 4.74 Å². The van der Waals surface area contributed by atoms with Gasteiger partial charge in [0.2, 0.25) is 0 Å². The molecule has 0 aliphatic carbocycles. The minimum Gasteiger partial charge on any atom is -0.493 e. The van der Waals surface area contributed by atoms with Gasteiger partial charge < -0.3 is 9.64 Å². The van der Waals surface area contributed by atoms with Gasteiger partial charge in [0.15, 0.2) is 0 Å². The van der Waals surface area contributed by atoms with Crippen molar-refractivity contribution in [2.24, 2.45) is 11.8 Å². The van der Waals surface area contributed by atoms with E-state index in [2.05, 4.69) is 59.5 Å². The first-order chi connectivity index (χ1) is 10.9. The van der Waals surface area contributed by atoms with Crippen LogP contribution in [0.15, 0.2) is 54.6 Å². The third-order valence-electron chi connectivity index (χ3n) is 5.11. The lowest BCUT2D eigenvalue weighted by Gasteiger charge is -2.22. The first-order valence-electron chi connectivity index (χ1n) is 8.35. The molecular formula is C20H24ClNO. The largest absolute Gasteiger partial charge is 0.493 e. The van der Waals surface area contributed by atoms with E-state index in [-0.39, 0.29) is 12.4 Å². The second-order valence-electron chi connectivity index (χ2n) is 6.69. The Balaban J connectivity index is 0.00000156. The highest BCUT2D eigenvalue weighted by Crippen LogP contribution is 2.33. The maximum absolute atomic E-state index is 6.02. The highest BCUT2D eigenvalue weighted by Gasteiger charge is 2.38. The van der Waals surface area contributed by atoms with Crippen LogP contribution in [0.4, 0.5) is 0 Å². The summed E-state index contributed by atoms with van der Waals surface area (Å²) in [6.45, 7) is 4.70. The van der Waals surface area contributed by atoms with Gasteiger partial charge in [0.1, 0.15) is 5.75 Å². The van der Waals surface area contributed by atoms with Gasteiger partial charge in [-0.05, 0) is 48.6 Å². The second-order valence-corrected chi connectivity index (χ2v) is 6.69. The first-order valence-corrected chi connectivity index (χ1v) is 8.35. The van der Waals surface area contributed by atoms with Crippen molar-refractivity contribution in [3.05, 3.63) is 65.7 Å². The summed E-state index contributed by atoms with van der Waals surface area (Å²) in [5, 5.41) is 0. The average Bonchev–Trinajstić information content (AvgIpc) is 3.18. The van der Waals surface area contributed by atoms with Crippen LogP contribution in [0.25, 0.3) is 0 Å². The summed E-state index contributed by atoms with van der Waals surface area (Å²) in [6, 6.07) is 19.2. The molecule has 2 heterocycles. The van der Waals surface area contributed by atoms with Crippen molar-refractivity contribution in [1.29, 1.82) is 0 Å². The zero-order chi connectivity index (χ0) is 14.8. The standard InChI is InChI=1S/C20H23NO.ClH/c1-2-4-16(5-3-1)12-17-6-8-20(9-7-17)22-15-19-14-21-11-10-18(19)13-21;/h1-9,18-19H,10-15H2;1H. The smallest absolute Gasteiger partial charge is 0.119 e. The van der Waals surface area contributed by atoms with Gasteiger partial charge in [0.25, 0.3) is 0 Å². The van der Waals surface area contributed by atoms with E-state index in [4.69, 9.17) is 4.74 Å². The molecule has 2 nitrogen and oxygen atoms in total. The molecule has 122 valence electrons. The lowest BCUT2D eigenvalue weighted by atomic mass is 9.93. The number of ether oxygens (including phenoxy) is 1. The van der Waals surface area contributed by atoms with Crippen LogP contribution in [0, 0.1) is 11.8 Å². The van der Waals surface area contributed by atoms with Gasteiger partial charge in [0.05, 0.1) is 6.61 Å². The van der Waals surface area contributed by atoms with Crippen molar-refractivity contribution in [3.8, 4) is 5.75 Å². The number of benzene rings is 2. The molecule has 2 aromatic rings. The lowest BCUT2D eigenvalue weighted by molar-refractivity contribution is 0.195. The van der Waals surface area contributed by atoms with E-state index in [1.807, 2.05) is 0 Å². The fraction of sp³-hybridized carbons (Fsp3) is 0.400. The van der Waals surface area contributed by atoms with Gasteiger partial charge in [-0.1, -0.05) is 42.5 Å². The Morgan fingerprint density at radius 1 is 0.913 bits per heavy atom. The normalized spacial score (nSPS) is 25.1. The molecule has 2 aromatic carbocycles. The van der Waals surface area contributed by atoms with Crippen LogP contribution in [0.5, 0.6) is 5.75 Å². The Kier molecular flexibility index (Phi) is 5.24. The minimum absolute atomic E-state index is 0. The van der Waals surface area contributed by atoms with E-state index >= 15 is 0 Å². The molecule has 0 N–H and O–H groups in total. The topological polar surface area (TPSA) is 12.5 Å². The molecule has 3 atom stereocenters. The maximum Gasteiger partial charge on any atom is 0.119 e. The van der Waals surface area contributed by atoms with Crippen molar-refractivity contribution in [1.82, 2.24) is 4.90 Å². The molecule has 3 unspecified atom stereocenters. The van der Waals surface area contributed by atoms with E-state index in [0.717, 1.165) is 30.6 Å². The molecule has 2 saturated heterocycles. The molecule has 4 rings (SSSR count). The molecule has 2 aliphatic heterocycles. The zero-order valence-corrected chi connectivity index (χ0v) is 14.2. The maximum atomic E-state index is 6.02. The molecule has 23 heavy (non-hydrogen) atoms. The van der Waals surface area contributed by atoms with E-state index in [0.29, 0.717) is 0 Å². The van der Waals surface area contributed by atoms with Crippen molar-refractivity contribution >= 4 is 12.4 Å². The van der Waals surface area contributed by atoms with Crippen LogP contribution in [-0.4, -0.2) is 31.1 Å². The molecule has 2 aliphatic rings. The summed E-state index contributed by atoms with van der Waals surface area (Å²) in [5.41, 5.74) is 2.69. The Labute approximate surface area is 144 Å². The summed E-state index contributed by atoms with van der Waals surface area (Å²) in [6.07, 6.45) is 2.35. The van der Waals surface area contributed by atoms with Gasteiger partial charge >= 0.3 is 0 Å². The molecule has 0 aromatic heterocycles. The van der Waals surface area contributed by atoms with Crippen LogP contribution in [0.3, 0.4) is 0 Å². The van der Waals surface area contributed by atoms with Crippen LogP contribution in [0.1, 0.15) is 17.5 Å². The van der Waals surface area contributed by atoms with E-state index in [9.17, 15) is 0 Å². The Bertz CT molecular complexity index is 613. The molecule has 3 heteroatoms. The quantitative estimate of drug-likeness (QED) is 0.821. The zero-order valence-electron chi connectivity index (χ0n) is 13.4. The number of hydrogen-bond donors (Lipinski definition) is 0. The molecular weight excluding hydrogens is 306 g/mol. The minimum atomic E-state index is 0. The van der Waals surface area contributed by atoms with Crippen molar-refractivity contribution in [3.63, 3.8) is 0 Å². The summed E-state index contributed by atoms with van der Waals surface area (Å²) in [4.78, 5) is 2.57. The highest BCUT2D eigenvalue weighted by molar-refractivity contribution is 5.85. The number of nitrogens with zero attached hydrogens (tertiary/aromatic N) is 1. The third kappa shape index (κ3) is 3.88. The number of hydrogen-bond acceptors (Lipinski definition) is 2. The van der Waals surface area contributed by atoms with E-state index < -0.39 is 0 Å². The summed E-state index contributed by atoms with van der Waals surface area (Å²) < 4.78 is 6.02. The average molecular weight is 330 g/mol. The molecule has 0 radical (unpaired) electrons. The fourth-order valence-corrected chi connectivity index (χ4v) is 3.82. The molecule has 0 spiro atoms. The fourth-order valence-electron chi connectivity index (χ4n) is 3.82. The van der Waals surface area contributed by atoms with Gasteiger partial charge in [-0.15, -0.1) is 12.4 Å². The number of piperidine rings is 1. The van der Waals surface area contributed by atoms with Gasteiger partial charge in [-0.2, -0.15) is 0 Å².